The van der Waals surface area contributed by atoms with Gasteiger partial charge < -0.3 is 20.5 Å². The summed E-state index contributed by atoms with van der Waals surface area (Å²) >= 11 is 0. The van der Waals surface area contributed by atoms with E-state index in [1.165, 1.54) is 6.42 Å². The smallest absolute Gasteiger partial charge is 0.0521 e. The molecule has 0 saturated carbocycles. The molecule has 0 bridgehead atoms. The van der Waals surface area contributed by atoms with Crippen LogP contribution in [-0.2, 0) is 4.74 Å². The van der Waals surface area contributed by atoms with Gasteiger partial charge >= 0.3 is 0 Å². The maximum Gasteiger partial charge on any atom is 0.0521 e. The predicted octanol–water partition coefficient (Wildman–Crippen LogP) is 0.0545. The molecule has 3 unspecified atom stereocenters. The molecule has 0 radical (unpaired) electrons. The number of nitrogens with zero attached hydrogens (tertiary/aromatic N) is 1. The fraction of sp³-hybridized carbons (Fsp3) is 1.00. The third-order valence-electron chi connectivity index (χ3n) is 3.93. The van der Waals surface area contributed by atoms with Crippen molar-refractivity contribution in [3.8, 4) is 0 Å². The molecule has 0 aromatic heterocycles. The Morgan fingerprint density at radius 1 is 1.38 bits per heavy atom. The van der Waals surface area contributed by atoms with Crippen molar-refractivity contribution in [2.45, 2.75) is 25.3 Å². The van der Waals surface area contributed by atoms with E-state index in [4.69, 9.17) is 15.6 Å². The second-order valence-electron chi connectivity index (χ2n) is 5.21. The van der Waals surface area contributed by atoms with Crippen molar-refractivity contribution in [2.24, 2.45) is 17.6 Å². The molecule has 2 fully saturated rings. The molecular formula is C12H24N2O2. The number of aliphatic hydroxyl groups is 1. The van der Waals surface area contributed by atoms with Gasteiger partial charge in [-0.15, -0.1) is 0 Å². The lowest BCUT2D eigenvalue weighted by Crippen LogP contribution is -2.44. The van der Waals surface area contributed by atoms with Gasteiger partial charge in [-0.2, -0.15) is 0 Å². The van der Waals surface area contributed by atoms with Crippen LogP contribution in [0.2, 0.25) is 0 Å². The normalized spacial score (nSPS) is 36.8. The van der Waals surface area contributed by atoms with E-state index < -0.39 is 0 Å². The molecule has 4 heteroatoms. The van der Waals surface area contributed by atoms with Crippen molar-refractivity contribution in [3.63, 3.8) is 0 Å². The second kappa shape index (κ2) is 5.96. The number of likely N-dealkylation sites (tertiary alicyclic amines) is 1. The van der Waals surface area contributed by atoms with E-state index in [-0.39, 0.29) is 0 Å². The Hall–Kier alpha value is -0.160. The van der Waals surface area contributed by atoms with Crippen molar-refractivity contribution in [1.82, 2.24) is 4.90 Å². The van der Waals surface area contributed by atoms with Gasteiger partial charge in [-0.25, -0.2) is 0 Å². The third-order valence-corrected chi connectivity index (χ3v) is 3.93. The Kier molecular flexibility index (Phi) is 4.58. The molecule has 0 aromatic rings. The molecule has 3 atom stereocenters. The summed E-state index contributed by atoms with van der Waals surface area (Å²) in [6.45, 7) is 5.33. The van der Waals surface area contributed by atoms with Gasteiger partial charge in [0.25, 0.3) is 0 Å². The first-order chi connectivity index (χ1) is 7.79. The zero-order valence-corrected chi connectivity index (χ0v) is 9.98. The molecule has 2 aliphatic heterocycles. The van der Waals surface area contributed by atoms with E-state index in [1.807, 2.05) is 0 Å². The summed E-state index contributed by atoms with van der Waals surface area (Å²) < 4.78 is 5.49. The number of hydrogen-bond donors (Lipinski definition) is 2. The summed E-state index contributed by atoms with van der Waals surface area (Å²) in [5.41, 5.74) is 6.10. The van der Waals surface area contributed by atoms with Gasteiger partial charge in [0.15, 0.2) is 0 Å². The van der Waals surface area contributed by atoms with Crippen LogP contribution in [-0.4, -0.2) is 55.5 Å². The summed E-state index contributed by atoms with van der Waals surface area (Å²) in [4.78, 5) is 2.49. The van der Waals surface area contributed by atoms with Gasteiger partial charge in [0, 0.05) is 38.3 Å². The van der Waals surface area contributed by atoms with Gasteiger partial charge in [-0.1, -0.05) is 0 Å². The topological polar surface area (TPSA) is 58.7 Å². The van der Waals surface area contributed by atoms with E-state index in [9.17, 15) is 0 Å². The maximum absolute atomic E-state index is 8.92. The van der Waals surface area contributed by atoms with E-state index >= 15 is 0 Å². The van der Waals surface area contributed by atoms with Crippen LogP contribution in [0.1, 0.15) is 19.3 Å². The van der Waals surface area contributed by atoms with Crippen LogP contribution >= 0.6 is 0 Å². The number of aliphatic hydroxyl groups excluding tert-OH is 1. The standard InChI is InChI=1S/C12H24N2O2/c13-12-3-6-16-9-11(12)8-14-4-1-10(7-14)2-5-15/h10-12,15H,1-9,13H2. The minimum atomic E-state index is 0.311. The van der Waals surface area contributed by atoms with E-state index in [0.29, 0.717) is 24.5 Å². The second-order valence-corrected chi connectivity index (χ2v) is 5.21. The molecule has 2 saturated heterocycles. The van der Waals surface area contributed by atoms with Crippen molar-refractivity contribution < 1.29 is 9.84 Å². The largest absolute Gasteiger partial charge is 0.396 e. The SMILES string of the molecule is NC1CCOCC1CN1CCC(CCO)C1. The molecule has 2 rings (SSSR count). The minimum absolute atomic E-state index is 0.311. The highest BCUT2D eigenvalue weighted by atomic mass is 16.5. The number of nitrogens with two attached hydrogens (primary N) is 1. The van der Waals surface area contributed by atoms with Gasteiger partial charge in [0.05, 0.1) is 6.61 Å². The Balaban J connectivity index is 1.73. The molecule has 3 N–H and O–H groups in total. The first kappa shape index (κ1) is 12.3. The summed E-state index contributed by atoms with van der Waals surface area (Å²) in [6.07, 6.45) is 3.17. The lowest BCUT2D eigenvalue weighted by atomic mass is 9.96. The Labute approximate surface area is 97.7 Å². The third kappa shape index (κ3) is 3.17. The Morgan fingerprint density at radius 3 is 3.00 bits per heavy atom. The fourth-order valence-corrected chi connectivity index (χ4v) is 2.83. The highest BCUT2D eigenvalue weighted by Crippen LogP contribution is 2.22. The highest BCUT2D eigenvalue weighted by Gasteiger charge is 2.28. The zero-order valence-electron chi connectivity index (χ0n) is 9.98. The first-order valence-corrected chi connectivity index (χ1v) is 6.46. The van der Waals surface area contributed by atoms with Crippen LogP contribution in [0.25, 0.3) is 0 Å². The Bertz CT molecular complexity index is 213. The molecule has 2 aliphatic rings. The zero-order chi connectivity index (χ0) is 11.4. The van der Waals surface area contributed by atoms with Gasteiger partial charge in [-0.05, 0) is 31.7 Å². The monoisotopic (exact) mass is 228 g/mol. The molecule has 0 aromatic carbocycles. The average molecular weight is 228 g/mol. The number of rotatable bonds is 4. The van der Waals surface area contributed by atoms with E-state index in [2.05, 4.69) is 4.90 Å². The molecule has 2 heterocycles. The molecular weight excluding hydrogens is 204 g/mol. The lowest BCUT2D eigenvalue weighted by Gasteiger charge is -2.31. The predicted molar refractivity (Wildman–Crippen MR) is 63.2 cm³/mol. The molecule has 0 amide bonds. The van der Waals surface area contributed by atoms with Crippen LogP contribution in [0.3, 0.4) is 0 Å². The molecule has 4 nitrogen and oxygen atoms in total. The maximum atomic E-state index is 8.92. The van der Waals surface area contributed by atoms with Crippen LogP contribution in [0, 0.1) is 11.8 Å². The number of hydrogen-bond acceptors (Lipinski definition) is 4. The minimum Gasteiger partial charge on any atom is -0.396 e. The van der Waals surface area contributed by atoms with Crippen molar-refractivity contribution in [1.29, 1.82) is 0 Å². The van der Waals surface area contributed by atoms with E-state index in [1.54, 1.807) is 0 Å². The van der Waals surface area contributed by atoms with Gasteiger partial charge in [0.2, 0.25) is 0 Å². The van der Waals surface area contributed by atoms with Crippen molar-refractivity contribution in [3.05, 3.63) is 0 Å². The van der Waals surface area contributed by atoms with Gasteiger partial charge in [-0.3, -0.25) is 0 Å². The lowest BCUT2D eigenvalue weighted by molar-refractivity contribution is 0.0286. The summed E-state index contributed by atoms with van der Waals surface area (Å²) in [7, 11) is 0. The van der Waals surface area contributed by atoms with Crippen molar-refractivity contribution in [2.75, 3.05) is 39.5 Å². The molecule has 94 valence electrons. The van der Waals surface area contributed by atoms with Crippen LogP contribution in [0.5, 0.6) is 0 Å². The highest BCUT2D eigenvalue weighted by molar-refractivity contribution is 4.83. The summed E-state index contributed by atoms with van der Waals surface area (Å²) in [5.74, 6) is 1.19. The quantitative estimate of drug-likeness (QED) is 0.714. The fourth-order valence-electron chi connectivity index (χ4n) is 2.83. The average Bonchev–Trinajstić information content (AvgIpc) is 2.70. The molecule has 16 heavy (non-hydrogen) atoms. The number of ether oxygens (including phenoxy) is 1. The summed E-state index contributed by atoms with van der Waals surface area (Å²) in [5, 5.41) is 8.92. The Morgan fingerprint density at radius 2 is 2.25 bits per heavy atom. The first-order valence-electron chi connectivity index (χ1n) is 6.46. The van der Waals surface area contributed by atoms with Crippen LogP contribution < -0.4 is 5.73 Å². The van der Waals surface area contributed by atoms with Crippen LogP contribution in [0.15, 0.2) is 0 Å². The van der Waals surface area contributed by atoms with Crippen LogP contribution in [0.4, 0.5) is 0 Å². The van der Waals surface area contributed by atoms with Crippen molar-refractivity contribution >= 4 is 0 Å². The van der Waals surface area contributed by atoms with Gasteiger partial charge in [0.1, 0.15) is 0 Å². The summed E-state index contributed by atoms with van der Waals surface area (Å²) in [6, 6.07) is 0.311. The molecule has 0 aliphatic carbocycles. The molecule has 0 spiro atoms. The van der Waals surface area contributed by atoms with E-state index in [0.717, 1.165) is 45.7 Å².